The van der Waals surface area contributed by atoms with Gasteiger partial charge in [0.05, 0.1) is 60.5 Å². The molecule has 344 valence electrons. The molecule has 4 N–H and O–H groups in total. The van der Waals surface area contributed by atoms with Crippen molar-refractivity contribution in [3.05, 3.63) is 112 Å². The predicted molar refractivity (Wildman–Crippen MR) is 254 cm³/mol. The summed E-state index contributed by atoms with van der Waals surface area (Å²) < 4.78 is 9.76. The fourth-order valence-electron chi connectivity index (χ4n) is 10.3. The normalized spacial score (nSPS) is 20.6. The second-order valence-corrected chi connectivity index (χ2v) is 19.4. The molecule has 5 atom stereocenters. The summed E-state index contributed by atoms with van der Waals surface area (Å²) in [5, 5.41) is 5.60. The molecule has 3 amide bonds. The molecule has 3 aliphatic heterocycles. The number of methoxy groups -OCH3 is 2. The number of nitrogens with zero attached hydrogens (tertiary/aromatic N) is 5. The van der Waals surface area contributed by atoms with Crippen LogP contribution in [0, 0.1) is 0 Å². The molecule has 8 rings (SSSR count). The molecule has 5 heterocycles. The summed E-state index contributed by atoms with van der Waals surface area (Å²) in [5.41, 5.74) is 11.5. The lowest BCUT2D eigenvalue weighted by molar-refractivity contribution is -0.128. The average molecular weight is 884 g/mol. The number of imidazole rings is 2. The molecule has 65 heavy (non-hydrogen) atoms. The number of hydrogen-bond acceptors (Lipinski definition) is 9. The number of carbonyl (C=O) groups excluding carboxylic acids is 3. The Hall–Kier alpha value is -6.15. The van der Waals surface area contributed by atoms with Crippen molar-refractivity contribution < 1.29 is 23.9 Å². The molecule has 3 aliphatic rings. The van der Waals surface area contributed by atoms with Gasteiger partial charge in [0.25, 0.3) is 5.91 Å². The SMILES string of the molecule is COC(=O)NC(C(=O)N1CCC[C@H]1c1nc2ccc([C@@H]3CC[C@@H](c4ccc5nc([C@@H]6CCCN6C(C)C(NC(=O)OC)=C(C)C)[nH]c5c4)N3c3ccc(C(C)(C)C)cc3)cc2[nH]1)=C(C)C. The second kappa shape index (κ2) is 18.4. The number of anilines is 1. The Morgan fingerprint density at radius 3 is 1.77 bits per heavy atom. The Labute approximate surface area is 382 Å². The fraction of sp³-hybridized carbons (Fsp3) is 0.471. The molecule has 0 bridgehead atoms. The van der Waals surface area contributed by atoms with Gasteiger partial charge in [-0.05, 0) is 144 Å². The molecule has 0 radical (unpaired) electrons. The summed E-state index contributed by atoms with van der Waals surface area (Å²) >= 11 is 0. The van der Waals surface area contributed by atoms with Crippen LogP contribution in [0.1, 0.15) is 146 Å². The number of fused-ring (bicyclic) bond motifs is 2. The lowest BCUT2D eigenvalue weighted by atomic mass is 9.87. The molecule has 3 saturated heterocycles. The van der Waals surface area contributed by atoms with Crippen LogP contribution in [0.15, 0.2) is 83.2 Å². The number of H-pyrrole nitrogens is 2. The topological polar surface area (TPSA) is 161 Å². The minimum atomic E-state index is -0.672. The highest BCUT2D eigenvalue weighted by Gasteiger charge is 2.39. The number of likely N-dealkylation sites (tertiary alicyclic amines) is 2. The minimum Gasteiger partial charge on any atom is -0.453 e. The predicted octanol–water partition coefficient (Wildman–Crippen LogP) is 10.3. The summed E-state index contributed by atoms with van der Waals surface area (Å²) in [7, 11) is 2.68. The number of benzene rings is 3. The number of hydrogen-bond donors (Lipinski definition) is 4. The van der Waals surface area contributed by atoms with Crippen LogP contribution in [-0.2, 0) is 19.7 Å². The molecular formula is C51H65N9O5. The lowest BCUT2D eigenvalue weighted by Crippen LogP contribution is -2.40. The smallest absolute Gasteiger partial charge is 0.411 e. The zero-order valence-electron chi connectivity index (χ0n) is 39.6. The number of allylic oxidation sites excluding steroid dienone is 2. The van der Waals surface area contributed by atoms with Crippen LogP contribution >= 0.6 is 0 Å². The van der Waals surface area contributed by atoms with Crippen molar-refractivity contribution in [3.63, 3.8) is 0 Å². The van der Waals surface area contributed by atoms with Gasteiger partial charge in [-0.15, -0.1) is 0 Å². The van der Waals surface area contributed by atoms with Crippen LogP contribution in [0.4, 0.5) is 15.3 Å². The molecular weight excluding hydrogens is 819 g/mol. The van der Waals surface area contributed by atoms with Gasteiger partial charge in [-0.25, -0.2) is 19.6 Å². The highest BCUT2D eigenvalue weighted by molar-refractivity contribution is 5.97. The van der Waals surface area contributed by atoms with Gasteiger partial charge in [-0.2, -0.15) is 0 Å². The van der Waals surface area contributed by atoms with Gasteiger partial charge >= 0.3 is 12.2 Å². The van der Waals surface area contributed by atoms with E-state index >= 15 is 0 Å². The number of aromatic amines is 2. The molecule has 1 unspecified atom stereocenters. The molecule has 14 nitrogen and oxygen atoms in total. The van der Waals surface area contributed by atoms with Crippen LogP contribution in [0.3, 0.4) is 0 Å². The minimum absolute atomic E-state index is 0.0252. The third kappa shape index (κ3) is 9.10. The van der Waals surface area contributed by atoms with E-state index < -0.39 is 12.2 Å². The van der Waals surface area contributed by atoms with Crippen molar-refractivity contribution in [2.75, 3.05) is 32.2 Å². The zero-order chi connectivity index (χ0) is 46.3. The van der Waals surface area contributed by atoms with E-state index in [2.05, 4.69) is 119 Å². The first-order valence-corrected chi connectivity index (χ1v) is 23.1. The van der Waals surface area contributed by atoms with E-state index in [9.17, 15) is 14.4 Å². The van der Waals surface area contributed by atoms with Gasteiger partial charge in [0, 0.05) is 24.0 Å². The number of ether oxygens (including phenoxy) is 2. The third-order valence-corrected chi connectivity index (χ3v) is 13.7. The molecule has 0 spiro atoms. The number of amides is 3. The number of carbonyl (C=O) groups is 3. The maximum absolute atomic E-state index is 13.8. The Balaban J connectivity index is 1.09. The first-order valence-electron chi connectivity index (χ1n) is 23.1. The molecule has 3 aromatic carbocycles. The summed E-state index contributed by atoms with van der Waals surface area (Å²) in [6.07, 6.45) is 4.38. The quantitative estimate of drug-likeness (QED) is 0.100. The van der Waals surface area contributed by atoms with Crippen molar-refractivity contribution in [2.45, 2.75) is 130 Å². The van der Waals surface area contributed by atoms with Crippen molar-refractivity contribution in [3.8, 4) is 0 Å². The van der Waals surface area contributed by atoms with E-state index in [1.807, 2.05) is 13.8 Å². The van der Waals surface area contributed by atoms with Crippen LogP contribution < -0.4 is 15.5 Å². The van der Waals surface area contributed by atoms with Gasteiger partial charge in [0.2, 0.25) is 0 Å². The first-order chi connectivity index (χ1) is 31.1. The monoisotopic (exact) mass is 884 g/mol. The molecule has 0 aliphatic carbocycles. The summed E-state index contributed by atoms with van der Waals surface area (Å²) in [6.45, 7) is 18.0. The van der Waals surface area contributed by atoms with E-state index in [0.717, 1.165) is 90.1 Å². The van der Waals surface area contributed by atoms with Gasteiger partial charge < -0.3 is 29.2 Å². The van der Waals surface area contributed by atoms with E-state index in [1.165, 1.54) is 36.6 Å². The number of aromatic nitrogens is 4. The van der Waals surface area contributed by atoms with Crippen LogP contribution in [0.25, 0.3) is 22.1 Å². The number of alkyl carbamates (subject to hydrolysis) is 2. The summed E-state index contributed by atoms with van der Waals surface area (Å²) in [6, 6.07) is 22.3. The Kier molecular flexibility index (Phi) is 12.8. The van der Waals surface area contributed by atoms with Crippen LogP contribution in [0.5, 0.6) is 0 Å². The zero-order valence-corrected chi connectivity index (χ0v) is 39.6. The van der Waals surface area contributed by atoms with Gasteiger partial charge in [-0.1, -0.05) is 50.6 Å². The lowest BCUT2D eigenvalue weighted by Gasteiger charge is -2.34. The summed E-state index contributed by atoms with van der Waals surface area (Å²) in [4.78, 5) is 62.6. The van der Waals surface area contributed by atoms with Gasteiger partial charge in [-0.3, -0.25) is 20.3 Å². The second-order valence-electron chi connectivity index (χ2n) is 19.4. The van der Waals surface area contributed by atoms with Gasteiger partial charge in [0.1, 0.15) is 17.3 Å². The highest BCUT2D eigenvalue weighted by Crippen LogP contribution is 2.48. The van der Waals surface area contributed by atoms with Crippen molar-refractivity contribution in [1.82, 2.24) is 40.4 Å². The van der Waals surface area contributed by atoms with Crippen molar-refractivity contribution in [1.29, 1.82) is 0 Å². The standard InChI is InChI=1S/C51H65N9O5/c1-29(2)44(56-49(62)64-9)31(5)58-25-11-13-42(58)46-52-36-21-15-32(27-38(36)54-46)40-23-24-41(60(40)35-19-17-34(18-20-35)51(6,7)8)33-16-22-37-39(28-33)55-47(53-37)43-14-12-26-59(43)48(61)45(30(3)4)57-50(63)65-10/h15-22,27-28,31,40-43H,11-14,23-26H2,1-10H3,(H,52,54)(H,53,55)(H,56,62)(H,57,63)/t31?,40-,41-,42-,43-/m0/s1. The van der Waals surface area contributed by atoms with Crippen LogP contribution in [-0.4, -0.2) is 81.2 Å². The highest BCUT2D eigenvalue weighted by atomic mass is 16.5. The maximum Gasteiger partial charge on any atom is 0.411 e. The Morgan fingerprint density at radius 2 is 1.23 bits per heavy atom. The van der Waals surface area contributed by atoms with Crippen molar-refractivity contribution >= 4 is 45.8 Å². The first kappa shape index (κ1) is 45.4. The fourth-order valence-corrected chi connectivity index (χ4v) is 10.3. The van der Waals surface area contributed by atoms with E-state index in [0.29, 0.717) is 12.1 Å². The van der Waals surface area contributed by atoms with Gasteiger partial charge in [0.15, 0.2) is 0 Å². The third-order valence-electron chi connectivity index (χ3n) is 13.7. The molecule has 3 fully saturated rings. The van der Waals surface area contributed by atoms with E-state index in [1.54, 1.807) is 18.7 Å². The summed E-state index contributed by atoms with van der Waals surface area (Å²) in [5.74, 6) is 1.44. The molecule has 2 aromatic heterocycles. The van der Waals surface area contributed by atoms with Crippen LogP contribution in [0.2, 0.25) is 0 Å². The molecule has 14 heteroatoms. The molecule has 5 aromatic rings. The Bertz CT molecular complexity index is 2650. The average Bonchev–Trinajstić information content (AvgIpc) is 4.14. The largest absolute Gasteiger partial charge is 0.453 e. The van der Waals surface area contributed by atoms with E-state index in [-0.39, 0.29) is 47.2 Å². The Morgan fingerprint density at radius 1 is 0.692 bits per heavy atom. The maximum atomic E-state index is 13.8. The van der Waals surface area contributed by atoms with E-state index in [4.69, 9.17) is 19.4 Å². The molecule has 0 saturated carbocycles. The van der Waals surface area contributed by atoms with Crippen molar-refractivity contribution in [2.24, 2.45) is 0 Å². The number of nitrogens with one attached hydrogen (secondary N) is 4. The number of rotatable bonds is 10.